The molecule has 1 N–H and O–H groups in total. The van der Waals surface area contributed by atoms with Crippen LogP contribution in [0.1, 0.15) is 10.6 Å². The maximum atomic E-state index is 11.2. The highest BCUT2D eigenvalue weighted by Gasteiger charge is 2.18. The normalized spacial score (nSPS) is 9.56. The molecule has 0 aliphatic heterocycles. The fourth-order valence-corrected chi connectivity index (χ4v) is 0.810. The molecule has 0 spiro atoms. The van der Waals surface area contributed by atoms with Crippen molar-refractivity contribution in [3.8, 4) is 0 Å². The van der Waals surface area contributed by atoms with Crippen molar-refractivity contribution in [3.63, 3.8) is 0 Å². The highest BCUT2D eigenvalue weighted by Crippen LogP contribution is 2.16. The van der Waals surface area contributed by atoms with Crippen LogP contribution in [0.25, 0.3) is 0 Å². The predicted octanol–water partition coefficient (Wildman–Crippen LogP) is 0.0906. The third-order valence-corrected chi connectivity index (χ3v) is 1.59. The highest BCUT2D eigenvalue weighted by atomic mass is 16.7. The van der Waals surface area contributed by atoms with Crippen molar-refractivity contribution < 1.29 is 23.7 Å². The van der Waals surface area contributed by atoms with E-state index >= 15 is 0 Å². The van der Waals surface area contributed by atoms with Crippen molar-refractivity contribution in [2.75, 3.05) is 13.7 Å². The summed E-state index contributed by atoms with van der Waals surface area (Å²) < 4.78 is 9.07. The fourth-order valence-electron chi connectivity index (χ4n) is 0.810. The van der Waals surface area contributed by atoms with E-state index in [-0.39, 0.29) is 5.76 Å². The van der Waals surface area contributed by atoms with Gasteiger partial charge in [-0.1, -0.05) is 0 Å². The third kappa shape index (κ3) is 2.80. The van der Waals surface area contributed by atoms with E-state index in [2.05, 4.69) is 14.5 Å². The zero-order chi connectivity index (χ0) is 12.1. The number of rotatable bonds is 4. The zero-order valence-corrected chi connectivity index (χ0v) is 8.26. The summed E-state index contributed by atoms with van der Waals surface area (Å²) >= 11 is 0. The summed E-state index contributed by atoms with van der Waals surface area (Å²) in [6.07, 6.45) is 0. The second-order valence-electron chi connectivity index (χ2n) is 2.64. The maximum Gasteiger partial charge on any atom is 0.433 e. The van der Waals surface area contributed by atoms with E-state index in [9.17, 15) is 19.7 Å². The molecule has 86 valence electrons. The van der Waals surface area contributed by atoms with Crippen LogP contribution in [-0.4, -0.2) is 30.5 Å². The van der Waals surface area contributed by atoms with Crippen LogP contribution in [0, 0.1) is 10.1 Å². The first kappa shape index (κ1) is 11.7. The van der Waals surface area contributed by atoms with Crippen molar-refractivity contribution in [2.45, 2.75) is 0 Å². The van der Waals surface area contributed by atoms with Crippen molar-refractivity contribution in [1.82, 2.24) is 5.32 Å². The molecule has 0 aliphatic carbocycles. The van der Waals surface area contributed by atoms with E-state index in [1.165, 1.54) is 7.05 Å². The van der Waals surface area contributed by atoms with Gasteiger partial charge in [-0.3, -0.25) is 14.9 Å². The predicted molar refractivity (Wildman–Crippen MR) is 49.7 cm³/mol. The number of amides is 1. The Morgan fingerprint density at radius 2 is 2.25 bits per heavy atom. The van der Waals surface area contributed by atoms with Crippen LogP contribution in [0.3, 0.4) is 0 Å². The van der Waals surface area contributed by atoms with Crippen LogP contribution in [0.5, 0.6) is 0 Å². The van der Waals surface area contributed by atoms with Crippen molar-refractivity contribution in [2.24, 2.45) is 0 Å². The zero-order valence-electron chi connectivity index (χ0n) is 8.26. The molecule has 1 heterocycles. The smallest absolute Gasteiger partial charge is 0.433 e. The van der Waals surface area contributed by atoms with Crippen molar-refractivity contribution in [1.29, 1.82) is 0 Å². The molecule has 0 saturated carbocycles. The number of nitrogens with zero attached hydrogens (tertiary/aromatic N) is 1. The number of nitro groups is 1. The first-order valence-corrected chi connectivity index (χ1v) is 4.16. The monoisotopic (exact) mass is 228 g/mol. The van der Waals surface area contributed by atoms with Crippen LogP contribution in [0.4, 0.5) is 5.88 Å². The minimum Gasteiger partial charge on any atom is -0.450 e. The third-order valence-electron chi connectivity index (χ3n) is 1.59. The minimum atomic E-state index is -0.934. The summed E-state index contributed by atoms with van der Waals surface area (Å²) in [5.74, 6) is -2.31. The molecular formula is C8H8N2O6. The van der Waals surface area contributed by atoms with Crippen LogP contribution in [0.15, 0.2) is 16.5 Å². The average molecular weight is 228 g/mol. The Morgan fingerprint density at radius 1 is 1.56 bits per heavy atom. The minimum absolute atomic E-state index is 0.324. The summed E-state index contributed by atoms with van der Waals surface area (Å²) in [5.41, 5.74) is 0. The Hall–Kier alpha value is -2.38. The molecule has 8 heteroatoms. The topological polar surface area (TPSA) is 112 Å². The maximum absolute atomic E-state index is 11.2. The quantitative estimate of drug-likeness (QED) is 0.444. The van der Waals surface area contributed by atoms with Gasteiger partial charge in [-0.15, -0.1) is 0 Å². The van der Waals surface area contributed by atoms with Crippen molar-refractivity contribution in [3.05, 3.63) is 28.0 Å². The Balaban J connectivity index is 2.59. The molecule has 0 radical (unpaired) electrons. The van der Waals surface area contributed by atoms with E-state index in [1.807, 2.05) is 0 Å². The molecular weight excluding hydrogens is 220 g/mol. The molecule has 1 amide bonds. The number of carbonyl (C=O) groups is 2. The standard InChI is InChI=1S/C8H8N2O6/c1-9-6(11)4-15-8(12)5-2-3-7(16-5)10(13)14/h2-3H,4H2,1H3,(H,9,11). The number of carbonyl (C=O) groups excluding carboxylic acids is 2. The van der Waals surface area contributed by atoms with Gasteiger partial charge in [-0.25, -0.2) is 4.79 Å². The van der Waals surface area contributed by atoms with Gasteiger partial charge in [-0.05, 0) is 6.07 Å². The van der Waals surface area contributed by atoms with E-state index in [1.54, 1.807) is 0 Å². The Morgan fingerprint density at radius 3 is 2.75 bits per heavy atom. The molecule has 0 bridgehead atoms. The Labute approximate surface area is 89.3 Å². The number of esters is 1. The van der Waals surface area contributed by atoms with Crippen LogP contribution in [-0.2, 0) is 9.53 Å². The van der Waals surface area contributed by atoms with Gasteiger partial charge in [0.2, 0.25) is 5.76 Å². The largest absolute Gasteiger partial charge is 0.450 e. The first-order chi connectivity index (χ1) is 7.54. The number of ether oxygens (including phenoxy) is 1. The number of furan rings is 1. The lowest BCUT2D eigenvalue weighted by atomic mass is 10.4. The van der Waals surface area contributed by atoms with Gasteiger partial charge in [0.1, 0.15) is 4.92 Å². The Kier molecular flexibility index (Phi) is 3.59. The second kappa shape index (κ2) is 4.91. The average Bonchev–Trinajstić information content (AvgIpc) is 2.74. The van der Waals surface area contributed by atoms with E-state index < -0.39 is 29.3 Å². The first-order valence-electron chi connectivity index (χ1n) is 4.16. The molecule has 1 aromatic rings. The molecule has 1 rings (SSSR count). The van der Waals surface area contributed by atoms with E-state index in [0.29, 0.717) is 0 Å². The molecule has 0 unspecified atom stereocenters. The fraction of sp³-hybridized carbons (Fsp3) is 0.250. The summed E-state index contributed by atoms with van der Waals surface area (Å²) in [5, 5.41) is 12.5. The van der Waals surface area contributed by atoms with E-state index in [0.717, 1.165) is 12.1 Å². The molecule has 16 heavy (non-hydrogen) atoms. The molecule has 0 saturated heterocycles. The summed E-state index contributed by atoms with van der Waals surface area (Å²) in [6, 6.07) is 2.13. The molecule has 1 aromatic heterocycles. The lowest BCUT2D eigenvalue weighted by molar-refractivity contribution is -0.402. The van der Waals surface area contributed by atoms with Gasteiger partial charge in [0.25, 0.3) is 5.91 Å². The van der Waals surface area contributed by atoms with Crippen LogP contribution >= 0.6 is 0 Å². The molecule has 0 fully saturated rings. The molecule has 8 nitrogen and oxygen atoms in total. The lowest BCUT2D eigenvalue weighted by Crippen LogP contribution is -2.24. The molecule has 0 aromatic carbocycles. The molecule has 0 atom stereocenters. The van der Waals surface area contributed by atoms with Gasteiger partial charge in [0.15, 0.2) is 6.61 Å². The number of hydrogen-bond acceptors (Lipinski definition) is 6. The van der Waals surface area contributed by atoms with Crippen LogP contribution in [0.2, 0.25) is 0 Å². The summed E-state index contributed by atoms with van der Waals surface area (Å²) in [6.45, 7) is -0.468. The molecule has 0 aliphatic rings. The number of nitrogens with one attached hydrogen (secondary N) is 1. The van der Waals surface area contributed by atoms with Crippen LogP contribution < -0.4 is 5.32 Å². The van der Waals surface area contributed by atoms with Gasteiger partial charge in [0.05, 0.1) is 6.07 Å². The van der Waals surface area contributed by atoms with Gasteiger partial charge in [0, 0.05) is 7.05 Å². The Bertz CT molecular complexity index is 424. The number of hydrogen-bond donors (Lipinski definition) is 1. The second-order valence-corrected chi connectivity index (χ2v) is 2.64. The lowest BCUT2D eigenvalue weighted by Gasteiger charge is -2.00. The van der Waals surface area contributed by atoms with Crippen molar-refractivity contribution >= 4 is 17.8 Å². The highest BCUT2D eigenvalue weighted by molar-refractivity contribution is 5.88. The summed E-state index contributed by atoms with van der Waals surface area (Å²) in [7, 11) is 1.38. The van der Waals surface area contributed by atoms with Gasteiger partial charge < -0.3 is 14.5 Å². The number of likely N-dealkylation sites (N-methyl/N-ethyl adjacent to an activating group) is 1. The van der Waals surface area contributed by atoms with Gasteiger partial charge in [-0.2, -0.15) is 0 Å². The SMILES string of the molecule is CNC(=O)COC(=O)c1ccc([N+](=O)[O-])o1. The summed E-state index contributed by atoms with van der Waals surface area (Å²) in [4.78, 5) is 31.4. The van der Waals surface area contributed by atoms with E-state index in [4.69, 9.17) is 0 Å². The van der Waals surface area contributed by atoms with Gasteiger partial charge >= 0.3 is 11.9 Å².